The molecule has 2 aromatic heterocycles. The highest BCUT2D eigenvalue weighted by atomic mass is 16.5. The summed E-state index contributed by atoms with van der Waals surface area (Å²) in [6.07, 6.45) is 1.48. The molecule has 2 aromatic carbocycles. The molecule has 0 aliphatic rings. The molecule has 0 aliphatic heterocycles. The van der Waals surface area contributed by atoms with Crippen molar-refractivity contribution < 1.29 is 9.53 Å². The van der Waals surface area contributed by atoms with Gasteiger partial charge in [-0.2, -0.15) is 0 Å². The highest BCUT2D eigenvalue weighted by Gasteiger charge is 2.15. The van der Waals surface area contributed by atoms with Crippen LogP contribution in [0.4, 0.5) is 5.69 Å². The van der Waals surface area contributed by atoms with E-state index in [9.17, 15) is 9.59 Å². The van der Waals surface area contributed by atoms with Gasteiger partial charge in [0.1, 0.15) is 18.6 Å². The predicted octanol–water partition coefficient (Wildman–Crippen LogP) is 1.69. The fraction of sp³-hybridized carbons (Fsp3) is 0.111. The molecule has 0 aliphatic carbocycles. The van der Waals surface area contributed by atoms with Gasteiger partial charge in [-0.3, -0.25) is 18.6 Å². The first-order valence-electron chi connectivity index (χ1n) is 7.93. The van der Waals surface area contributed by atoms with E-state index in [1.165, 1.54) is 18.0 Å². The Hall–Kier alpha value is -3.68. The average molecular weight is 349 g/mol. The van der Waals surface area contributed by atoms with Crippen molar-refractivity contribution in [2.45, 2.75) is 6.54 Å². The molecule has 1 amide bonds. The van der Waals surface area contributed by atoms with Gasteiger partial charge in [0.2, 0.25) is 11.6 Å². The first-order valence-corrected chi connectivity index (χ1v) is 7.93. The largest absolute Gasteiger partial charge is 0.495 e. The van der Waals surface area contributed by atoms with E-state index in [-0.39, 0.29) is 23.7 Å². The van der Waals surface area contributed by atoms with Crippen molar-refractivity contribution in [1.29, 1.82) is 0 Å². The van der Waals surface area contributed by atoms with Gasteiger partial charge in [-0.25, -0.2) is 0 Å². The van der Waals surface area contributed by atoms with Gasteiger partial charge in [0.25, 0.3) is 5.56 Å². The van der Waals surface area contributed by atoms with Crippen molar-refractivity contribution in [2.24, 2.45) is 0 Å². The van der Waals surface area contributed by atoms with E-state index < -0.39 is 0 Å². The molecule has 0 fully saturated rings. The van der Waals surface area contributed by atoms with Crippen LogP contribution >= 0.6 is 0 Å². The highest BCUT2D eigenvalue weighted by molar-refractivity contribution is 5.93. The summed E-state index contributed by atoms with van der Waals surface area (Å²) in [4.78, 5) is 25.3. The van der Waals surface area contributed by atoms with E-state index in [1.54, 1.807) is 28.7 Å². The second-order valence-electron chi connectivity index (χ2n) is 5.65. The zero-order valence-corrected chi connectivity index (χ0v) is 13.9. The van der Waals surface area contributed by atoms with Crippen LogP contribution in [0.2, 0.25) is 0 Å². The van der Waals surface area contributed by atoms with Gasteiger partial charge >= 0.3 is 0 Å². The number of amides is 1. The maximum absolute atomic E-state index is 12.7. The Morgan fingerprint density at radius 2 is 1.85 bits per heavy atom. The van der Waals surface area contributed by atoms with Crippen molar-refractivity contribution in [3.05, 3.63) is 65.2 Å². The second-order valence-corrected chi connectivity index (χ2v) is 5.65. The van der Waals surface area contributed by atoms with Crippen LogP contribution in [-0.2, 0) is 11.3 Å². The van der Waals surface area contributed by atoms with Crippen molar-refractivity contribution >= 4 is 28.3 Å². The van der Waals surface area contributed by atoms with E-state index in [2.05, 4.69) is 15.5 Å². The predicted molar refractivity (Wildman–Crippen MR) is 96.4 cm³/mol. The summed E-state index contributed by atoms with van der Waals surface area (Å²) in [5, 5.41) is 10.5. The second kappa shape index (κ2) is 6.32. The lowest BCUT2D eigenvalue weighted by Gasteiger charge is -2.13. The lowest BCUT2D eigenvalue weighted by Crippen LogP contribution is -2.29. The van der Waals surface area contributed by atoms with Crippen LogP contribution in [0.1, 0.15) is 0 Å². The van der Waals surface area contributed by atoms with Gasteiger partial charge < -0.3 is 10.1 Å². The zero-order valence-electron chi connectivity index (χ0n) is 13.9. The van der Waals surface area contributed by atoms with Gasteiger partial charge in [0.05, 0.1) is 23.8 Å². The van der Waals surface area contributed by atoms with Gasteiger partial charge in [0, 0.05) is 0 Å². The average Bonchev–Trinajstić information content (AvgIpc) is 3.16. The molecule has 0 unspecified atom stereocenters. The molecular weight excluding hydrogens is 334 g/mol. The van der Waals surface area contributed by atoms with E-state index in [0.29, 0.717) is 17.0 Å². The standard InChI is InChI=1S/C18H15N5O3/c1-26-15-9-5-2-6-12(15)20-16(24)10-22-13-7-3-4-8-14(13)23-11-19-21-17(23)18(22)25/h2-9,11H,10H2,1H3,(H,20,24). The zero-order chi connectivity index (χ0) is 18.1. The molecule has 0 radical (unpaired) electrons. The summed E-state index contributed by atoms with van der Waals surface area (Å²) >= 11 is 0. The Labute approximate surface area is 147 Å². The molecule has 0 spiro atoms. The summed E-state index contributed by atoms with van der Waals surface area (Å²) in [6, 6.07) is 14.4. The number of para-hydroxylation sites is 4. The molecule has 26 heavy (non-hydrogen) atoms. The SMILES string of the molecule is COc1ccccc1NC(=O)Cn1c(=O)c2nncn2c2ccccc21. The van der Waals surface area contributed by atoms with Gasteiger partial charge in [-0.1, -0.05) is 24.3 Å². The quantitative estimate of drug-likeness (QED) is 0.605. The highest BCUT2D eigenvalue weighted by Crippen LogP contribution is 2.23. The van der Waals surface area contributed by atoms with Crippen LogP contribution < -0.4 is 15.6 Å². The number of nitrogens with one attached hydrogen (secondary N) is 1. The molecule has 0 atom stereocenters. The number of hydrogen-bond donors (Lipinski definition) is 1. The monoisotopic (exact) mass is 349 g/mol. The third kappa shape index (κ3) is 2.57. The van der Waals surface area contributed by atoms with E-state index in [0.717, 1.165) is 5.52 Å². The minimum atomic E-state index is -0.378. The van der Waals surface area contributed by atoms with Gasteiger partial charge in [-0.15, -0.1) is 10.2 Å². The number of benzene rings is 2. The molecule has 4 aromatic rings. The summed E-state index contributed by atoms with van der Waals surface area (Å²) < 4.78 is 8.24. The summed E-state index contributed by atoms with van der Waals surface area (Å²) in [6.45, 7) is -0.152. The number of fused-ring (bicyclic) bond motifs is 3. The van der Waals surface area contributed by atoms with Crippen LogP contribution in [-0.4, -0.2) is 32.2 Å². The third-order valence-electron chi connectivity index (χ3n) is 4.10. The Bertz CT molecular complexity index is 1180. The van der Waals surface area contributed by atoms with E-state index in [4.69, 9.17) is 4.74 Å². The molecule has 0 bridgehead atoms. The van der Waals surface area contributed by atoms with Crippen LogP contribution in [0.3, 0.4) is 0 Å². The minimum absolute atomic E-state index is 0.152. The fourth-order valence-corrected chi connectivity index (χ4v) is 2.92. The maximum atomic E-state index is 12.7. The molecule has 4 rings (SSSR count). The number of ether oxygens (including phenoxy) is 1. The number of carbonyl (C=O) groups excluding carboxylic acids is 1. The number of methoxy groups -OCH3 is 1. The number of anilines is 1. The smallest absolute Gasteiger partial charge is 0.297 e. The normalized spacial score (nSPS) is 11.0. The number of hydrogen-bond acceptors (Lipinski definition) is 5. The lowest BCUT2D eigenvalue weighted by molar-refractivity contribution is -0.116. The number of carbonyl (C=O) groups is 1. The third-order valence-corrected chi connectivity index (χ3v) is 4.10. The Morgan fingerprint density at radius 1 is 1.12 bits per heavy atom. The summed E-state index contributed by atoms with van der Waals surface area (Å²) in [5.41, 5.74) is 1.71. The molecular formula is C18H15N5O3. The van der Waals surface area contributed by atoms with E-state index in [1.807, 2.05) is 24.3 Å². The fourth-order valence-electron chi connectivity index (χ4n) is 2.92. The summed E-state index contributed by atoms with van der Waals surface area (Å²) in [7, 11) is 1.53. The molecule has 0 saturated carbocycles. The topological polar surface area (TPSA) is 90.5 Å². The number of rotatable bonds is 4. The molecule has 2 heterocycles. The number of aromatic nitrogens is 4. The Kier molecular flexibility index (Phi) is 3.85. The summed E-state index contributed by atoms with van der Waals surface area (Å²) in [5.74, 6) is 0.205. The van der Waals surface area contributed by atoms with Gasteiger partial charge in [-0.05, 0) is 24.3 Å². The first-order chi connectivity index (χ1) is 12.7. The van der Waals surface area contributed by atoms with Crippen LogP contribution in [0.15, 0.2) is 59.7 Å². The van der Waals surface area contributed by atoms with Crippen molar-refractivity contribution in [2.75, 3.05) is 12.4 Å². The van der Waals surface area contributed by atoms with Crippen LogP contribution in [0.5, 0.6) is 5.75 Å². The van der Waals surface area contributed by atoms with Crippen molar-refractivity contribution in [3.8, 4) is 5.75 Å². The molecule has 0 saturated heterocycles. The van der Waals surface area contributed by atoms with Crippen molar-refractivity contribution in [3.63, 3.8) is 0 Å². The molecule has 8 heteroatoms. The van der Waals surface area contributed by atoms with Gasteiger partial charge in [0.15, 0.2) is 0 Å². The van der Waals surface area contributed by atoms with Crippen LogP contribution in [0.25, 0.3) is 16.7 Å². The lowest BCUT2D eigenvalue weighted by atomic mass is 10.2. The maximum Gasteiger partial charge on any atom is 0.297 e. The van der Waals surface area contributed by atoms with E-state index >= 15 is 0 Å². The molecule has 130 valence electrons. The Morgan fingerprint density at radius 3 is 2.65 bits per heavy atom. The Balaban J connectivity index is 1.75. The first kappa shape index (κ1) is 15.8. The van der Waals surface area contributed by atoms with Crippen molar-refractivity contribution in [1.82, 2.24) is 19.2 Å². The molecule has 1 N–H and O–H groups in total. The molecule has 8 nitrogen and oxygen atoms in total. The minimum Gasteiger partial charge on any atom is -0.495 e. The number of nitrogens with zero attached hydrogens (tertiary/aromatic N) is 4. The van der Waals surface area contributed by atoms with Crippen LogP contribution in [0, 0.1) is 0 Å².